The average molecular weight is 429 g/mol. The third-order valence-electron chi connectivity index (χ3n) is 9.97. The van der Waals surface area contributed by atoms with Crippen molar-refractivity contribution in [3.05, 3.63) is 23.5 Å². The van der Waals surface area contributed by atoms with Crippen molar-refractivity contribution < 1.29 is 23.8 Å². The Balaban J connectivity index is 1.43. The van der Waals surface area contributed by atoms with Crippen molar-refractivity contribution >= 4 is 11.9 Å². The second-order valence-corrected chi connectivity index (χ2v) is 10.9. The number of hydrogen-bond acceptors (Lipinski definition) is 5. The topological polar surface area (TPSA) is 61.8 Å². The third kappa shape index (κ3) is 2.80. The molecular formula is C26H36O5. The highest BCUT2D eigenvalue weighted by molar-refractivity contribution is 5.96. The highest BCUT2D eigenvalue weighted by atomic mass is 16.6. The molecule has 0 N–H and O–H groups in total. The molecule has 5 nitrogen and oxygen atoms in total. The molecule has 0 aromatic rings. The maximum Gasteiger partial charge on any atom is 0.321 e. The Hall–Kier alpha value is -1.78. The minimum Gasteiger partial charge on any atom is -0.501 e. The number of carbonyl (C=O) groups is 2. The number of fused-ring (bicyclic) bond motifs is 6. The summed E-state index contributed by atoms with van der Waals surface area (Å²) in [6.45, 7) is 6.88. The summed E-state index contributed by atoms with van der Waals surface area (Å²) in [6, 6.07) is 0. The molecule has 2 saturated carbocycles. The van der Waals surface area contributed by atoms with Gasteiger partial charge in [0.25, 0.3) is 0 Å². The molecule has 1 aliphatic heterocycles. The lowest BCUT2D eigenvalue weighted by Crippen LogP contribution is -2.54. The van der Waals surface area contributed by atoms with E-state index in [0.29, 0.717) is 30.8 Å². The first-order valence-corrected chi connectivity index (χ1v) is 12.1. The lowest BCUT2D eigenvalue weighted by Gasteiger charge is -2.58. The van der Waals surface area contributed by atoms with Crippen molar-refractivity contribution in [2.45, 2.75) is 77.7 Å². The zero-order valence-corrected chi connectivity index (χ0v) is 19.4. The fraction of sp³-hybridized carbons (Fsp3) is 0.769. The number of rotatable bonds is 3. The van der Waals surface area contributed by atoms with Gasteiger partial charge in [-0.2, -0.15) is 0 Å². The zero-order valence-electron chi connectivity index (χ0n) is 19.4. The fourth-order valence-corrected chi connectivity index (χ4v) is 8.20. The molecule has 7 atom stereocenters. The van der Waals surface area contributed by atoms with E-state index >= 15 is 0 Å². The molecular weight excluding hydrogens is 392 g/mol. The number of ether oxygens (including phenoxy) is 3. The van der Waals surface area contributed by atoms with Gasteiger partial charge in [-0.25, -0.2) is 0 Å². The van der Waals surface area contributed by atoms with Gasteiger partial charge in [0, 0.05) is 18.3 Å². The van der Waals surface area contributed by atoms with Gasteiger partial charge in [0.1, 0.15) is 5.60 Å². The lowest BCUT2D eigenvalue weighted by molar-refractivity contribution is -0.169. The Morgan fingerprint density at radius 2 is 1.97 bits per heavy atom. The highest BCUT2D eigenvalue weighted by Gasteiger charge is 2.69. The minimum atomic E-state index is -0.750. The number of carbonyl (C=O) groups excluding carboxylic acids is 2. The first kappa shape index (κ1) is 21.1. The molecule has 5 rings (SSSR count). The van der Waals surface area contributed by atoms with Crippen molar-refractivity contribution in [1.29, 1.82) is 0 Å². The summed E-state index contributed by atoms with van der Waals surface area (Å²) >= 11 is 0. The van der Waals surface area contributed by atoms with Crippen molar-refractivity contribution in [1.82, 2.24) is 0 Å². The molecule has 0 aromatic heterocycles. The van der Waals surface area contributed by atoms with Crippen LogP contribution in [0.25, 0.3) is 0 Å². The molecule has 170 valence electrons. The minimum absolute atomic E-state index is 0.0605. The van der Waals surface area contributed by atoms with Crippen LogP contribution in [0, 0.1) is 34.5 Å². The zero-order chi connectivity index (χ0) is 22.0. The largest absolute Gasteiger partial charge is 0.501 e. The first-order chi connectivity index (χ1) is 14.8. The monoisotopic (exact) mass is 428 g/mol. The van der Waals surface area contributed by atoms with Crippen molar-refractivity contribution in [3.8, 4) is 0 Å². The van der Waals surface area contributed by atoms with Gasteiger partial charge in [0.2, 0.25) is 0 Å². The summed E-state index contributed by atoms with van der Waals surface area (Å²) in [5.41, 5.74) is 1.11. The molecule has 4 aliphatic carbocycles. The van der Waals surface area contributed by atoms with Crippen molar-refractivity contribution in [2.75, 3.05) is 13.7 Å². The van der Waals surface area contributed by atoms with Crippen LogP contribution in [0.4, 0.5) is 0 Å². The maximum absolute atomic E-state index is 12.7. The Bertz CT molecular complexity index is 858. The number of esters is 2. The number of methoxy groups -OCH3 is 1. The van der Waals surface area contributed by atoms with Crippen LogP contribution in [0.3, 0.4) is 0 Å². The van der Waals surface area contributed by atoms with E-state index in [-0.39, 0.29) is 16.8 Å². The molecule has 5 aliphatic rings. The van der Waals surface area contributed by atoms with Crippen LogP contribution in [0.1, 0.15) is 72.1 Å². The van der Waals surface area contributed by atoms with Crippen molar-refractivity contribution in [2.24, 2.45) is 34.5 Å². The predicted molar refractivity (Wildman–Crippen MR) is 116 cm³/mol. The van der Waals surface area contributed by atoms with Gasteiger partial charge in [-0.05, 0) is 80.3 Å². The van der Waals surface area contributed by atoms with Crippen LogP contribution in [0.15, 0.2) is 23.5 Å². The van der Waals surface area contributed by atoms with Gasteiger partial charge in [0.05, 0.1) is 19.5 Å². The van der Waals surface area contributed by atoms with Gasteiger partial charge in [-0.3, -0.25) is 9.59 Å². The first-order valence-electron chi connectivity index (χ1n) is 12.1. The van der Waals surface area contributed by atoms with E-state index in [0.717, 1.165) is 50.7 Å². The van der Waals surface area contributed by atoms with E-state index in [1.807, 2.05) is 0 Å². The summed E-state index contributed by atoms with van der Waals surface area (Å²) in [6.07, 6.45) is 12.7. The smallest absolute Gasteiger partial charge is 0.321 e. The Kier molecular flexibility index (Phi) is 4.84. The van der Waals surface area contributed by atoms with Gasteiger partial charge in [0.15, 0.2) is 5.92 Å². The van der Waals surface area contributed by atoms with E-state index in [9.17, 15) is 9.59 Å². The second kappa shape index (κ2) is 7.11. The molecule has 0 bridgehead atoms. The molecule has 0 radical (unpaired) electrons. The average Bonchev–Trinajstić information content (AvgIpc) is 3.24. The maximum atomic E-state index is 12.7. The highest BCUT2D eigenvalue weighted by Crippen LogP contribution is 2.69. The van der Waals surface area contributed by atoms with Crippen molar-refractivity contribution in [3.63, 3.8) is 0 Å². The molecule has 0 amide bonds. The van der Waals surface area contributed by atoms with Crippen LogP contribution in [0.2, 0.25) is 0 Å². The van der Waals surface area contributed by atoms with Crippen LogP contribution in [-0.4, -0.2) is 31.3 Å². The molecule has 1 spiro atoms. The molecule has 3 fully saturated rings. The van der Waals surface area contributed by atoms with Gasteiger partial charge in [-0.15, -0.1) is 0 Å². The van der Waals surface area contributed by atoms with E-state index in [1.165, 1.54) is 5.57 Å². The van der Waals surface area contributed by atoms with Crippen LogP contribution >= 0.6 is 0 Å². The predicted octanol–water partition coefficient (Wildman–Crippen LogP) is 4.95. The van der Waals surface area contributed by atoms with Crippen LogP contribution in [0.5, 0.6) is 0 Å². The summed E-state index contributed by atoms with van der Waals surface area (Å²) in [4.78, 5) is 25.1. The van der Waals surface area contributed by atoms with Gasteiger partial charge in [-0.1, -0.05) is 19.9 Å². The van der Waals surface area contributed by atoms with Crippen LogP contribution < -0.4 is 0 Å². The molecule has 0 aromatic carbocycles. The van der Waals surface area contributed by atoms with Crippen LogP contribution in [-0.2, 0) is 23.8 Å². The molecule has 5 heteroatoms. The Labute approximate surface area is 185 Å². The SMILES string of the molecule is CCOC(=O)C1CC2(CCC3C4CC=C5C=C(OC)CCC5(C)C4CCC32C)OC1=O. The normalized spacial score (nSPS) is 45.7. The summed E-state index contributed by atoms with van der Waals surface area (Å²) in [5.74, 6) is 1.38. The molecule has 31 heavy (non-hydrogen) atoms. The number of hydrogen-bond donors (Lipinski definition) is 0. The van der Waals surface area contributed by atoms with E-state index < -0.39 is 17.5 Å². The standard InChI is InChI=1S/C26H36O5/c1-5-30-22(27)19-15-26(31-23(19)28)13-10-21-18-7-6-16-14-17(29-4)8-11-24(16,2)20(18)9-12-25(21,26)3/h6,14,18-21H,5,7-13,15H2,1-4H3. The van der Waals surface area contributed by atoms with E-state index in [1.54, 1.807) is 14.0 Å². The Morgan fingerprint density at radius 3 is 2.71 bits per heavy atom. The third-order valence-corrected chi connectivity index (χ3v) is 9.97. The fourth-order valence-electron chi connectivity index (χ4n) is 8.20. The number of allylic oxidation sites excluding steroid dienone is 4. The summed E-state index contributed by atoms with van der Waals surface area (Å²) < 4.78 is 16.9. The summed E-state index contributed by atoms with van der Waals surface area (Å²) in [5, 5.41) is 0. The van der Waals surface area contributed by atoms with E-state index in [2.05, 4.69) is 26.0 Å². The Morgan fingerprint density at radius 1 is 1.19 bits per heavy atom. The van der Waals surface area contributed by atoms with Gasteiger partial charge >= 0.3 is 11.9 Å². The quantitative estimate of drug-likeness (QED) is 0.470. The molecule has 7 unspecified atom stereocenters. The lowest BCUT2D eigenvalue weighted by atomic mass is 9.47. The van der Waals surface area contributed by atoms with Gasteiger partial charge < -0.3 is 14.2 Å². The van der Waals surface area contributed by atoms with E-state index in [4.69, 9.17) is 14.2 Å². The molecule has 1 saturated heterocycles. The molecule has 1 heterocycles. The summed E-state index contributed by atoms with van der Waals surface area (Å²) in [7, 11) is 1.77. The second-order valence-electron chi connectivity index (χ2n) is 10.9.